The van der Waals surface area contributed by atoms with Crippen molar-refractivity contribution in [3.05, 3.63) is 0 Å². The molecule has 0 spiro atoms. The molecule has 5 heteroatoms. The summed E-state index contributed by atoms with van der Waals surface area (Å²) in [6.45, 7) is 5.08. The van der Waals surface area contributed by atoms with Crippen LogP contribution in [0.15, 0.2) is 0 Å². The molecule has 0 saturated carbocycles. The lowest BCUT2D eigenvalue weighted by Gasteiger charge is -2.13. The average Bonchev–Trinajstić information content (AvgIpc) is 2.05. The lowest BCUT2D eigenvalue weighted by molar-refractivity contribution is -0.158. The number of ether oxygens (including phenoxy) is 1. The minimum Gasteiger partial charge on any atom is -0.465 e. The monoisotopic (exact) mass is 189 g/mol. The van der Waals surface area contributed by atoms with Crippen molar-refractivity contribution in [2.24, 2.45) is 0 Å². The van der Waals surface area contributed by atoms with E-state index in [9.17, 15) is 9.59 Å². The van der Waals surface area contributed by atoms with E-state index in [1.165, 1.54) is 6.92 Å². The molecule has 0 rings (SSSR count). The minimum absolute atomic E-state index is 0.317. The highest BCUT2D eigenvalue weighted by molar-refractivity contribution is 5.75. The van der Waals surface area contributed by atoms with Crippen LogP contribution in [0.2, 0.25) is 0 Å². The maximum atomic E-state index is 11.1. The van der Waals surface area contributed by atoms with Crippen molar-refractivity contribution in [3.63, 3.8) is 0 Å². The van der Waals surface area contributed by atoms with E-state index in [4.69, 9.17) is 4.74 Å². The Balaban J connectivity index is 3.87. The normalized spacial score (nSPS) is 11.9. The third-order valence-corrected chi connectivity index (χ3v) is 1.32. The van der Waals surface area contributed by atoms with Gasteiger partial charge in [0.05, 0.1) is 6.61 Å². The van der Waals surface area contributed by atoms with Gasteiger partial charge in [-0.1, -0.05) is 6.92 Å². The van der Waals surface area contributed by atoms with Crippen LogP contribution in [0.1, 0.15) is 27.2 Å². The molecule has 0 aromatic heterocycles. The van der Waals surface area contributed by atoms with E-state index in [0.29, 0.717) is 13.0 Å². The Morgan fingerprint density at radius 2 is 2.00 bits per heavy atom. The molecule has 0 aliphatic heterocycles. The van der Waals surface area contributed by atoms with Crippen LogP contribution in [0.4, 0.5) is 0 Å². The maximum Gasteiger partial charge on any atom is 0.326 e. The number of nitrogens with one attached hydrogen (secondary N) is 1. The molecule has 0 heterocycles. The summed E-state index contributed by atoms with van der Waals surface area (Å²) in [5.74, 6) is -0.894. The number of carbonyl (C=O) groups is 2. The number of carbonyl (C=O) groups excluding carboxylic acids is 2. The van der Waals surface area contributed by atoms with Gasteiger partial charge < -0.3 is 9.57 Å². The fourth-order valence-corrected chi connectivity index (χ4v) is 0.695. The zero-order valence-electron chi connectivity index (χ0n) is 8.12. The van der Waals surface area contributed by atoms with Crippen molar-refractivity contribution in [2.75, 3.05) is 6.61 Å². The van der Waals surface area contributed by atoms with Crippen molar-refractivity contribution in [3.8, 4) is 0 Å². The SMILES string of the molecule is CCOC(=O)[C@@H](CC)NOC(C)=O. The molecule has 0 saturated heterocycles. The second-order valence-electron chi connectivity index (χ2n) is 2.42. The van der Waals surface area contributed by atoms with E-state index >= 15 is 0 Å². The van der Waals surface area contributed by atoms with Gasteiger partial charge in [-0.25, -0.2) is 0 Å². The van der Waals surface area contributed by atoms with Gasteiger partial charge in [-0.15, -0.1) is 5.48 Å². The maximum absolute atomic E-state index is 11.1. The second-order valence-corrected chi connectivity index (χ2v) is 2.42. The first kappa shape index (κ1) is 11.9. The summed E-state index contributed by atoms with van der Waals surface area (Å²) in [4.78, 5) is 26.0. The highest BCUT2D eigenvalue weighted by atomic mass is 16.7. The van der Waals surface area contributed by atoms with Crippen molar-refractivity contribution in [1.82, 2.24) is 5.48 Å². The van der Waals surface area contributed by atoms with Gasteiger partial charge in [0, 0.05) is 6.92 Å². The molecule has 0 unspecified atom stereocenters. The molecule has 5 nitrogen and oxygen atoms in total. The van der Waals surface area contributed by atoms with Crippen molar-refractivity contribution < 1.29 is 19.2 Å². The highest BCUT2D eigenvalue weighted by Gasteiger charge is 2.18. The third kappa shape index (κ3) is 5.19. The van der Waals surface area contributed by atoms with E-state index in [1.807, 2.05) is 0 Å². The van der Waals surface area contributed by atoms with Gasteiger partial charge in [-0.05, 0) is 13.3 Å². The number of hydrogen-bond acceptors (Lipinski definition) is 5. The molecular weight excluding hydrogens is 174 g/mol. The summed E-state index contributed by atoms with van der Waals surface area (Å²) < 4.78 is 4.73. The van der Waals surface area contributed by atoms with Crippen LogP contribution in [0, 0.1) is 0 Å². The van der Waals surface area contributed by atoms with E-state index in [0.717, 1.165) is 0 Å². The summed E-state index contributed by atoms with van der Waals surface area (Å²) in [6, 6.07) is -0.580. The first-order valence-electron chi connectivity index (χ1n) is 4.21. The van der Waals surface area contributed by atoms with Gasteiger partial charge in [-0.3, -0.25) is 9.59 Å². The average molecular weight is 189 g/mol. The van der Waals surface area contributed by atoms with Crippen LogP contribution in [-0.2, 0) is 19.2 Å². The molecule has 0 amide bonds. The van der Waals surface area contributed by atoms with Crippen LogP contribution in [0.25, 0.3) is 0 Å². The van der Waals surface area contributed by atoms with Crippen LogP contribution < -0.4 is 5.48 Å². The highest BCUT2D eigenvalue weighted by Crippen LogP contribution is 1.94. The predicted molar refractivity (Wildman–Crippen MR) is 45.6 cm³/mol. The fourth-order valence-electron chi connectivity index (χ4n) is 0.695. The molecular formula is C8H15NO4. The molecule has 0 radical (unpaired) electrons. The molecule has 1 atom stereocenters. The van der Waals surface area contributed by atoms with Crippen LogP contribution in [-0.4, -0.2) is 24.6 Å². The van der Waals surface area contributed by atoms with Gasteiger partial charge in [0.2, 0.25) is 0 Å². The molecule has 0 aliphatic carbocycles. The molecule has 0 bridgehead atoms. The summed E-state index contributed by atoms with van der Waals surface area (Å²) in [6.07, 6.45) is 0.506. The van der Waals surface area contributed by atoms with Crippen molar-refractivity contribution in [1.29, 1.82) is 0 Å². The van der Waals surface area contributed by atoms with E-state index < -0.39 is 18.0 Å². The van der Waals surface area contributed by atoms with Gasteiger partial charge in [0.25, 0.3) is 0 Å². The molecule has 0 aromatic rings. The Labute approximate surface area is 77.3 Å². The Kier molecular flexibility index (Phi) is 5.88. The fraction of sp³-hybridized carbons (Fsp3) is 0.750. The van der Waals surface area contributed by atoms with Gasteiger partial charge in [0.15, 0.2) is 0 Å². The lowest BCUT2D eigenvalue weighted by atomic mass is 10.2. The van der Waals surface area contributed by atoms with Gasteiger partial charge >= 0.3 is 11.9 Å². The predicted octanol–water partition coefficient (Wildman–Crippen LogP) is 0.396. The smallest absolute Gasteiger partial charge is 0.326 e. The molecule has 0 fully saturated rings. The summed E-state index contributed by atoms with van der Waals surface area (Å²) in [5.41, 5.74) is 2.33. The minimum atomic E-state index is -0.580. The number of esters is 1. The van der Waals surface area contributed by atoms with Crippen LogP contribution >= 0.6 is 0 Å². The zero-order chi connectivity index (χ0) is 10.3. The number of rotatable bonds is 5. The molecule has 76 valence electrons. The Morgan fingerprint density at radius 1 is 1.38 bits per heavy atom. The molecule has 0 aromatic carbocycles. The molecule has 0 aliphatic rings. The molecule has 1 N–H and O–H groups in total. The van der Waals surface area contributed by atoms with E-state index in [1.54, 1.807) is 13.8 Å². The Morgan fingerprint density at radius 3 is 2.38 bits per heavy atom. The van der Waals surface area contributed by atoms with E-state index in [-0.39, 0.29) is 0 Å². The van der Waals surface area contributed by atoms with Crippen molar-refractivity contribution >= 4 is 11.9 Å². The third-order valence-electron chi connectivity index (χ3n) is 1.32. The number of hydrogen-bond donors (Lipinski definition) is 1. The van der Waals surface area contributed by atoms with E-state index in [2.05, 4.69) is 10.3 Å². The zero-order valence-corrected chi connectivity index (χ0v) is 8.12. The van der Waals surface area contributed by atoms with Gasteiger partial charge in [-0.2, -0.15) is 0 Å². The Hall–Kier alpha value is -1.10. The first-order valence-corrected chi connectivity index (χ1v) is 4.21. The summed E-state index contributed by atoms with van der Waals surface area (Å²) in [5, 5.41) is 0. The second kappa shape index (κ2) is 6.42. The molecule has 13 heavy (non-hydrogen) atoms. The Bertz CT molecular complexity index is 181. The number of hydroxylamine groups is 1. The van der Waals surface area contributed by atoms with Gasteiger partial charge in [0.1, 0.15) is 6.04 Å². The quantitative estimate of drug-likeness (QED) is 0.501. The summed E-state index contributed by atoms with van der Waals surface area (Å²) >= 11 is 0. The van der Waals surface area contributed by atoms with Crippen molar-refractivity contribution in [2.45, 2.75) is 33.2 Å². The first-order chi connectivity index (χ1) is 6.11. The van der Waals surface area contributed by atoms with Crippen LogP contribution in [0.3, 0.4) is 0 Å². The van der Waals surface area contributed by atoms with Crippen LogP contribution in [0.5, 0.6) is 0 Å². The largest absolute Gasteiger partial charge is 0.465 e. The lowest BCUT2D eigenvalue weighted by Crippen LogP contribution is -2.38. The summed E-state index contributed by atoms with van der Waals surface area (Å²) in [7, 11) is 0. The standard InChI is InChI=1S/C8H15NO4/c1-4-7(8(11)12-5-2)9-13-6(3)10/h7,9H,4-5H2,1-3H3/t7-/m1/s1. The topological polar surface area (TPSA) is 64.6 Å².